The van der Waals surface area contributed by atoms with Gasteiger partial charge in [-0.15, -0.1) is 0 Å². The number of likely N-dealkylation sites (N-methyl/N-ethyl adjacent to an activating group) is 1. The Morgan fingerprint density at radius 2 is 2.11 bits per heavy atom. The third kappa shape index (κ3) is 3.66. The van der Waals surface area contributed by atoms with E-state index in [-0.39, 0.29) is 13.2 Å². The van der Waals surface area contributed by atoms with Crippen molar-refractivity contribution in [2.75, 3.05) is 32.2 Å². The van der Waals surface area contributed by atoms with Crippen LogP contribution < -0.4 is 4.90 Å². The minimum atomic E-state index is -0.575. The number of nitrogens with zero attached hydrogens (tertiary/aromatic N) is 2. The van der Waals surface area contributed by atoms with Crippen LogP contribution in [0.3, 0.4) is 0 Å². The molecular formula is C13H22N2O3. The Hall–Kier alpha value is -1.17. The number of ether oxygens (including phenoxy) is 1. The van der Waals surface area contributed by atoms with E-state index in [1.807, 2.05) is 31.9 Å². The van der Waals surface area contributed by atoms with Crippen molar-refractivity contribution in [2.45, 2.75) is 26.6 Å². The maximum absolute atomic E-state index is 9.73. The zero-order valence-electron chi connectivity index (χ0n) is 11.5. The highest BCUT2D eigenvalue weighted by Crippen LogP contribution is 2.21. The van der Waals surface area contributed by atoms with Crippen LogP contribution in [-0.4, -0.2) is 48.6 Å². The van der Waals surface area contributed by atoms with E-state index >= 15 is 0 Å². The number of hydrogen-bond donors (Lipinski definition) is 2. The van der Waals surface area contributed by atoms with E-state index in [9.17, 15) is 10.2 Å². The molecule has 0 aliphatic carbocycles. The van der Waals surface area contributed by atoms with Gasteiger partial charge in [0.25, 0.3) is 0 Å². The first kappa shape index (κ1) is 14.9. The molecule has 0 bridgehead atoms. The van der Waals surface area contributed by atoms with Gasteiger partial charge >= 0.3 is 0 Å². The van der Waals surface area contributed by atoms with Crippen LogP contribution in [0.4, 0.5) is 5.82 Å². The molecule has 0 saturated carbocycles. The molecule has 1 atom stereocenters. The Balaban J connectivity index is 2.93. The maximum Gasteiger partial charge on any atom is 0.134 e. The highest BCUT2D eigenvalue weighted by molar-refractivity contribution is 5.50. The molecule has 0 spiro atoms. The molecule has 0 fully saturated rings. The largest absolute Gasteiger partial charge is 0.392 e. The first-order chi connectivity index (χ1) is 8.49. The number of rotatable bonds is 6. The number of aliphatic hydroxyl groups excluding tert-OH is 2. The molecule has 0 aliphatic rings. The Kier molecular flexibility index (Phi) is 5.53. The number of hydrogen-bond acceptors (Lipinski definition) is 5. The second-order valence-corrected chi connectivity index (χ2v) is 4.53. The summed E-state index contributed by atoms with van der Waals surface area (Å²) >= 11 is 0. The summed E-state index contributed by atoms with van der Waals surface area (Å²) in [5.74, 6) is 0.713. The highest BCUT2D eigenvalue weighted by Gasteiger charge is 2.15. The van der Waals surface area contributed by atoms with E-state index < -0.39 is 6.10 Å². The summed E-state index contributed by atoms with van der Waals surface area (Å²) in [4.78, 5) is 6.27. The normalized spacial score (nSPS) is 12.6. The van der Waals surface area contributed by atoms with E-state index in [1.165, 1.54) is 0 Å². The van der Waals surface area contributed by atoms with Gasteiger partial charge in [-0.25, -0.2) is 4.98 Å². The summed E-state index contributed by atoms with van der Waals surface area (Å²) in [6.45, 7) is 4.50. The van der Waals surface area contributed by atoms with Crippen LogP contribution in [0.1, 0.15) is 16.8 Å². The fourth-order valence-corrected chi connectivity index (χ4v) is 2.00. The molecule has 5 nitrogen and oxygen atoms in total. The molecule has 1 heterocycles. The Labute approximate surface area is 108 Å². The highest BCUT2D eigenvalue weighted by atomic mass is 16.5. The number of pyridine rings is 1. The van der Waals surface area contributed by atoms with Gasteiger partial charge in [0, 0.05) is 32.0 Å². The fourth-order valence-electron chi connectivity index (χ4n) is 2.00. The number of anilines is 1. The van der Waals surface area contributed by atoms with Gasteiger partial charge in [0.1, 0.15) is 5.82 Å². The van der Waals surface area contributed by atoms with Crippen molar-refractivity contribution in [1.82, 2.24) is 4.98 Å². The van der Waals surface area contributed by atoms with Crippen LogP contribution in [0, 0.1) is 13.8 Å². The Morgan fingerprint density at radius 3 is 2.67 bits per heavy atom. The summed E-state index contributed by atoms with van der Waals surface area (Å²) in [5.41, 5.74) is 2.70. The van der Waals surface area contributed by atoms with Crippen LogP contribution >= 0.6 is 0 Å². The molecule has 0 aromatic carbocycles. The molecular weight excluding hydrogens is 232 g/mol. The molecule has 18 heavy (non-hydrogen) atoms. The van der Waals surface area contributed by atoms with Crippen molar-refractivity contribution in [1.29, 1.82) is 0 Å². The SMILES string of the molecule is COCC(O)CN(C)c1nc(C)cc(C)c1CO. The predicted molar refractivity (Wildman–Crippen MR) is 70.8 cm³/mol. The lowest BCUT2D eigenvalue weighted by Crippen LogP contribution is -2.33. The van der Waals surface area contributed by atoms with Gasteiger partial charge < -0.3 is 19.8 Å². The molecule has 0 saturated heterocycles. The van der Waals surface area contributed by atoms with Gasteiger partial charge in [0.2, 0.25) is 0 Å². The molecule has 5 heteroatoms. The summed E-state index contributed by atoms with van der Waals surface area (Å²) < 4.78 is 4.90. The van der Waals surface area contributed by atoms with Crippen molar-refractivity contribution < 1.29 is 14.9 Å². The smallest absolute Gasteiger partial charge is 0.134 e. The zero-order chi connectivity index (χ0) is 13.7. The van der Waals surface area contributed by atoms with Crippen LogP contribution in [0.5, 0.6) is 0 Å². The Bertz CT molecular complexity index is 396. The molecule has 1 unspecified atom stereocenters. The van der Waals surface area contributed by atoms with Crippen molar-refractivity contribution in [3.63, 3.8) is 0 Å². The van der Waals surface area contributed by atoms with Crippen LogP contribution in [0.25, 0.3) is 0 Å². The standard InChI is InChI=1S/C13H22N2O3/c1-9-5-10(2)14-13(12(9)7-16)15(3)6-11(17)8-18-4/h5,11,16-17H,6-8H2,1-4H3. The summed E-state index contributed by atoms with van der Waals surface area (Å²) in [6.07, 6.45) is -0.575. The molecule has 0 radical (unpaired) electrons. The second-order valence-electron chi connectivity index (χ2n) is 4.53. The van der Waals surface area contributed by atoms with Crippen LogP contribution in [0.2, 0.25) is 0 Å². The number of aliphatic hydroxyl groups is 2. The Morgan fingerprint density at radius 1 is 1.44 bits per heavy atom. The lowest BCUT2D eigenvalue weighted by atomic mass is 10.1. The molecule has 102 valence electrons. The summed E-state index contributed by atoms with van der Waals surface area (Å²) in [7, 11) is 3.40. The summed E-state index contributed by atoms with van der Waals surface area (Å²) in [5, 5.41) is 19.1. The van der Waals surface area contributed by atoms with Crippen molar-refractivity contribution in [2.24, 2.45) is 0 Å². The van der Waals surface area contributed by atoms with Gasteiger partial charge in [0.15, 0.2) is 0 Å². The quantitative estimate of drug-likeness (QED) is 0.779. The first-order valence-electron chi connectivity index (χ1n) is 5.95. The predicted octanol–water partition coefficient (Wildman–Crippen LogP) is 0.634. The van der Waals surface area contributed by atoms with Crippen molar-refractivity contribution >= 4 is 5.82 Å². The fraction of sp³-hybridized carbons (Fsp3) is 0.615. The van der Waals surface area contributed by atoms with Gasteiger partial charge in [-0.2, -0.15) is 0 Å². The van der Waals surface area contributed by atoms with Crippen LogP contribution in [-0.2, 0) is 11.3 Å². The third-order valence-electron chi connectivity index (χ3n) is 2.82. The van der Waals surface area contributed by atoms with E-state index in [0.717, 1.165) is 16.8 Å². The molecule has 1 aromatic heterocycles. The monoisotopic (exact) mass is 254 g/mol. The van der Waals surface area contributed by atoms with Gasteiger partial charge in [-0.3, -0.25) is 0 Å². The minimum absolute atomic E-state index is 0.0564. The average molecular weight is 254 g/mol. The van der Waals surface area contributed by atoms with Gasteiger partial charge in [0.05, 0.1) is 19.3 Å². The number of aromatic nitrogens is 1. The first-order valence-corrected chi connectivity index (χ1v) is 5.95. The van der Waals surface area contributed by atoms with E-state index in [2.05, 4.69) is 4.98 Å². The van der Waals surface area contributed by atoms with E-state index in [1.54, 1.807) is 7.11 Å². The topological polar surface area (TPSA) is 65.8 Å². The van der Waals surface area contributed by atoms with Crippen LogP contribution in [0.15, 0.2) is 6.07 Å². The van der Waals surface area contributed by atoms with Gasteiger partial charge in [-0.1, -0.05) is 0 Å². The lowest BCUT2D eigenvalue weighted by Gasteiger charge is -2.24. The minimum Gasteiger partial charge on any atom is -0.392 e. The van der Waals surface area contributed by atoms with Crippen molar-refractivity contribution in [3.05, 3.63) is 22.9 Å². The lowest BCUT2D eigenvalue weighted by molar-refractivity contribution is 0.0693. The maximum atomic E-state index is 9.73. The molecule has 0 aliphatic heterocycles. The zero-order valence-corrected chi connectivity index (χ0v) is 11.5. The number of methoxy groups -OCH3 is 1. The molecule has 1 aromatic rings. The number of aryl methyl sites for hydroxylation is 2. The van der Waals surface area contributed by atoms with Crippen molar-refractivity contribution in [3.8, 4) is 0 Å². The molecule has 1 rings (SSSR count). The second kappa shape index (κ2) is 6.68. The third-order valence-corrected chi connectivity index (χ3v) is 2.82. The summed E-state index contributed by atoms with van der Waals surface area (Å²) in [6, 6.07) is 1.94. The average Bonchev–Trinajstić information content (AvgIpc) is 2.28. The van der Waals surface area contributed by atoms with E-state index in [4.69, 9.17) is 4.74 Å². The van der Waals surface area contributed by atoms with Gasteiger partial charge in [-0.05, 0) is 25.5 Å². The van der Waals surface area contributed by atoms with E-state index in [0.29, 0.717) is 12.4 Å². The molecule has 2 N–H and O–H groups in total. The molecule has 0 amide bonds.